The van der Waals surface area contributed by atoms with Crippen LogP contribution in [0.3, 0.4) is 0 Å². The molecule has 4 N–H and O–H groups in total. The van der Waals surface area contributed by atoms with E-state index >= 15 is 0 Å². The van der Waals surface area contributed by atoms with Crippen molar-refractivity contribution in [1.82, 2.24) is 0 Å². The molecule has 2 nitrogen and oxygen atoms in total. The summed E-state index contributed by atoms with van der Waals surface area (Å²) < 4.78 is 0. The van der Waals surface area contributed by atoms with Gasteiger partial charge >= 0.3 is 0 Å². The molecule has 0 aliphatic carbocycles. The van der Waals surface area contributed by atoms with Gasteiger partial charge < -0.3 is 11.5 Å². The van der Waals surface area contributed by atoms with Gasteiger partial charge in [0.1, 0.15) is 0 Å². The predicted molar refractivity (Wildman–Crippen MR) is 61.3 cm³/mol. The molecule has 0 heterocycles. The van der Waals surface area contributed by atoms with Crippen LogP contribution in [0.1, 0.15) is 13.3 Å². The summed E-state index contributed by atoms with van der Waals surface area (Å²) in [4.78, 5) is 1.01. The number of nitrogen functional groups attached to an aromatic ring is 2. The van der Waals surface area contributed by atoms with E-state index in [0.29, 0.717) is 16.4 Å². The van der Waals surface area contributed by atoms with Crippen molar-refractivity contribution in [2.24, 2.45) is 0 Å². The number of anilines is 2. The molecular formula is C9H13ClN2S. The third-order valence-electron chi connectivity index (χ3n) is 1.59. The van der Waals surface area contributed by atoms with Crippen LogP contribution in [-0.2, 0) is 0 Å². The van der Waals surface area contributed by atoms with E-state index in [9.17, 15) is 0 Å². The highest BCUT2D eigenvalue weighted by molar-refractivity contribution is 7.99. The molecule has 0 unspecified atom stereocenters. The molecule has 0 fully saturated rings. The highest BCUT2D eigenvalue weighted by Gasteiger charge is 2.03. The van der Waals surface area contributed by atoms with Gasteiger partial charge in [-0.05, 0) is 24.3 Å². The number of benzene rings is 1. The van der Waals surface area contributed by atoms with E-state index in [2.05, 4.69) is 6.92 Å². The van der Waals surface area contributed by atoms with Crippen molar-refractivity contribution >= 4 is 34.7 Å². The normalized spacial score (nSPS) is 10.3. The third kappa shape index (κ3) is 2.71. The van der Waals surface area contributed by atoms with Crippen molar-refractivity contribution in [3.8, 4) is 0 Å². The number of hydrogen-bond acceptors (Lipinski definition) is 3. The fourth-order valence-electron chi connectivity index (χ4n) is 0.926. The molecule has 72 valence electrons. The maximum atomic E-state index is 5.87. The minimum Gasteiger partial charge on any atom is -0.398 e. The van der Waals surface area contributed by atoms with E-state index < -0.39 is 0 Å². The lowest BCUT2D eigenvalue weighted by Gasteiger charge is -2.06. The van der Waals surface area contributed by atoms with Crippen LogP contribution in [0.25, 0.3) is 0 Å². The number of thioether (sulfide) groups is 1. The average Bonchev–Trinajstić information content (AvgIpc) is 2.09. The third-order valence-corrected chi connectivity index (χ3v) is 3.20. The first-order chi connectivity index (χ1) is 6.15. The highest BCUT2D eigenvalue weighted by atomic mass is 35.5. The Labute approximate surface area is 87.6 Å². The monoisotopic (exact) mass is 216 g/mol. The molecule has 0 saturated heterocycles. The molecule has 1 rings (SSSR count). The molecule has 1 aromatic rings. The quantitative estimate of drug-likeness (QED) is 0.603. The molecule has 1 aromatic carbocycles. The molecule has 0 spiro atoms. The molecule has 0 radical (unpaired) electrons. The lowest BCUT2D eigenvalue weighted by atomic mass is 10.3. The topological polar surface area (TPSA) is 52.0 Å². The van der Waals surface area contributed by atoms with Gasteiger partial charge in [0, 0.05) is 10.6 Å². The van der Waals surface area contributed by atoms with Crippen LogP contribution in [0.15, 0.2) is 17.0 Å². The zero-order chi connectivity index (χ0) is 9.84. The number of nitrogens with two attached hydrogens (primary N) is 2. The lowest BCUT2D eigenvalue weighted by molar-refractivity contribution is 1.10. The number of rotatable bonds is 3. The number of hydrogen-bond donors (Lipinski definition) is 2. The lowest BCUT2D eigenvalue weighted by Crippen LogP contribution is -1.93. The van der Waals surface area contributed by atoms with Gasteiger partial charge in [0.15, 0.2) is 0 Å². The molecular weight excluding hydrogens is 204 g/mol. The predicted octanol–water partition coefficient (Wildman–Crippen LogP) is 3.01. The van der Waals surface area contributed by atoms with Crippen LogP contribution in [0, 0.1) is 0 Å². The summed E-state index contributed by atoms with van der Waals surface area (Å²) in [5.41, 5.74) is 12.6. The van der Waals surface area contributed by atoms with Crippen molar-refractivity contribution in [3.05, 3.63) is 17.2 Å². The Kier molecular flexibility index (Phi) is 3.75. The molecule has 0 bridgehead atoms. The Morgan fingerprint density at radius 2 is 2.00 bits per heavy atom. The van der Waals surface area contributed by atoms with Crippen molar-refractivity contribution < 1.29 is 0 Å². The fourth-order valence-corrected chi connectivity index (χ4v) is 2.01. The van der Waals surface area contributed by atoms with Crippen LogP contribution >= 0.6 is 23.4 Å². The Balaban J connectivity index is 2.88. The second-order valence-electron chi connectivity index (χ2n) is 2.76. The van der Waals surface area contributed by atoms with Crippen molar-refractivity contribution in [1.29, 1.82) is 0 Å². The van der Waals surface area contributed by atoms with Gasteiger partial charge in [0.25, 0.3) is 0 Å². The summed E-state index contributed by atoms with van der Waals surface area (Å²) >= 11 is 7.58. The van der Waals surface area contributed by atoms with Gasteiger partial charge in [-0.3, -0.25) is 0 Å². The fraction of sp³-hybridized carbons (Fsp3) is 0.333. The smallest absolute Gasteiger partial charge is 0.0648 e. The van der Waals surface area contributed by atoms with E-state index in [4.69, 9.17) is 23.1 Å². The summed E-state index contributed by atoms with van der Waals surface area (Å²) in [6, 6.07) is 3.53. The van der Waals surface area contributed by atoms with Gasteiger partial charge in [-0.1, -0.05) is 18.5 Å². The van der Waals surface area contributed by atoms with Crippen molar-refractivity contribution in [2.75, 3.05) is 17.2 Å². The zero-order valence-electron chi connectivity index (χ0n) is 7.51. The molecule has 0 aromatic heterocycles. The van der Waals surface area contributed by atoms with E-state index in [-0.39, 0.29) is 0 Å². The first kappa shape index (κ1) is 10.5. The molecule has 13 heavy (non-hydrogen) atoms. The Hall–Kier alpha value is -0.540. The molecule has 0 aliphatic heterocycles. The standard InChI is InChI=1S/C9H13ClN2S/c1-2-3-13-9-4-6(10)7(11)5-8(9)12/h4-5H,2-3,11-12H2,1H3. The zero-order valence-corrected chi connectivity index (χ0v) is 9.08. The van der Waals surface area contributed by atoms with Crippen LogP contribution in [0.2, 0.25) is 5.02 Å². The maximum absolute atomic E-state index is 5.87. The second kappa shape index (κ2) is 4.63. The maximum Gasteiger partial charge on any atom is 0.0648 e. The Bertz CT molecular complexity index is 302. The van der Waals surface area contributed by atoms with Gasteiger partial charge in [0.2, 0.25) is 0 Å². The van der Waals surface area contributed by atoms with Crippen LogP contribution in [0.5, 0.6) is 0 Å². The van der Waals surface area contributed by atoms with Crippen molar-refractivity contribution in [3.63, 3.8) is 0 Å². The first-order valence-corrected chi connectivity index (χ1v) is 5.48. The van der Waals surface area contributed by atoms with Gasteiger partial charge in [0.05, 0.1) is 10.7 Å². The van der Waals surface area contributed by atoms with E-state index in [1.54, 1.807) is 17.8 Å². The minimum absolute atomic E-state index is 0.542. The molecule has 0 atom stereocenters. The summed E-state index contributed by atoms with van der Waals surface area (Å²) in [5.74, 6) is 1.05. The average molecular weight is 217 g/mol. The first-order valence-electron chi connectivity index (χ1n) is 4.12. The SMILES string of the molecule is CCCSc1cc(Cl)c(N)cc1N. The Morgan fingerprint density at radius 3 is 2.62 bits per heavy atom. The van der Waals surface area contributed by atoms with Gasteiger partial charge in [-0.25, -0.2) is 0 Å². The van der Waals surface area contributed by atoms with E-state index in [0.717, 1.165) is 17.1 Å². The highest BCUT2D eigenvalue weighted by Crippen LogP contribution is 2.32. The molecule has 0 amide bonds. The van der Waals surface area contributed by atoms with E-state index in [1.165, 1.54) is 0 Å². The minimum atomic E-state index is 0.542. The van der Waals surface area contributed by atoms with E-state index in [1.807, 2.05) is 6.07 Å². The van der Waals surface area contributed by atoms with Gasteiger partial charge in [-0.15, -0.1) is 11.8 Å². The van der Waals surface area contributed by atoms with Crippen LogP contribution < -0.4 is 11.5 Å². The Morgan fingerprint density at radius 1 is 1.31 bits per heavy atom. The van der Waals surface area contributed by atoms with Crippen LogP contribution in [-0.4, -0.2) is 5.75 Å². The summed E-state index contributed by atoms with van der Waals surface area (Å²) in [6.45, 7) is 2.13. The number of halogens is 1. The summed E-state index contributed by atoms with van der Waals surface area (Å²) in [6.07, 6.45) is 1.12. The second-order valence-corrected chi connectivity index (χ2v) is 4.30. The summed E-state index contributed by atoms with van der Waals surface area (Å²) in [5, 5.41) is 0.577. The molecule has 4 heteroatoms. The van der Waals surface area contributed by atoms with Crippen molar-refractivity contribution in [2.45, 2.75) is 18.2 Å². The molecule has 0 saturated carbocycles. The van der Waals surface area contributed by atoms with Crippen LogP contribution in [0.4, 0.5) is 11.4 Å². The van der Waals surface area contributed by atoms with Gasteiger partial charge in [-0.2, -0.15) is 0 Å². The largest absolute Gasteiger partial charge is 0.398 e. The summed E-state index contributed by atoms with van der Waals surface area (Å²) in [7, 11) is 0. The molecule has 0 aliphatic rings.